The molecule has 0 unspecified atom stereocenters. The van der Waals surface area contributed by atoms with Crippen molar-refractivity contribution >= 4 is 30.1 Å². The largest absolute Gasteiger partial charge is 0.513 e. The van der Waals surface area contributed by atoms with Crippen molar-refractivity contribution in [3.05, 3.63) is 89.8 Å². The van der Waals surface area contributed by atoms with Crippen LogP contribution in [0.3, 0.4) is 0 Å². The molecule has 40 heavy (non-hydrogen) atoms. The van der Waals surface area contributed by atoms with Crippen LogP contribution in [0.25, 0.3) is 11.1 Å². The first-order valence-corrected chi connectivity index (χ1v) is 12.9. The van der Waals surface area contributed by atoms with Gasteiger partial charge in [-0.1, -0.05) is 43.0 Å². The van der Waals surface area contributed by atoms with E-state index in [1.54, 1.807) is 20.8 Å². The zero-order chi connectivity index (χ0) is 29.7. The predicted octanol–water partition coefficient (Wildman–Crippen LogP) is 5.30. The quantitative estimate of drug-likeness (QED) is 0.118. The van der Waals surface area contributed by atoms with Crippen LogP contribution in [0.4, 0.5) is 17.5 Å². The summed E-state index contributed by atoms with van der Waals surface area (Å²) in [7, 11) is 1.91. The summed E-state index contributed by atoms with van der Waals surface area (Å²) < 4.78 is 0. The van der Waals surface area contributed by atoms with E-state index in [2.05, 4.69) is 32.8 Å². The Balaban J connectivity index is 0.00000274. The molecule has 0 saturated carbocycles. The molecule has 0 bridgehead atoms. The molecule has 3 aromatic rings. The molecule has 0 aliphatic rings. The Hall–Kier alpha value is -4.50. The number of rotatable bonds is 12. The van der Waals surface area contributed by atoms with Crippen molar-refractivity contribution in [1.82, 2.24) is 20.6 Å². The summed E-state index contributed by atoms with van der Waals surface area (Å²) >= 11 is 0. The number of aliphatic hydroxyl groups is 1. The highest BCUT2D eigenvalue weighted by Gasteiger charge is 2.29. The van der Waals surface area contributed by atoms with Gasteiger partial charge in [0.25, 0.3) is 0 Å². The van der Waals surface area contributed by atoms with Crippen LogP contribution in [-0.4, -0.2) is 47.9 Å². The second-order valence-corrected chi connectivity index (χ2v) is 9.80. The molecular formula is C31H40N6O3. The van der Waals surface area contributed by atoms with Crippen molar-refractivity contribution in [2.45, 2.75) is 34.2 Å². The Labute approximate surface area is 236 Å². The molecular weight excluding hydrogens is 504 g/mol. The molecule has 0 aliphatic carbocycles. The van der Waals surface area contributed by atoms with E-state index in [9.17, 15) is 9.90 Å². The molecule has 1 amide bonds. The van der Waals surface area contributed by atoms with Crippen LogP contribution in [0, 0.1) is 12.3 Å². The van der Waals surface area contributed by atoms with E-state index in [1.807, 2.05) is 75.5 Å². The van der Waals surface area contributed by atoms with Crippen LogP contribution in [0.1, 0.15) is 31.9 Å². The van der Waals surface area contributed by atoms with Gasteiger partial charge in [-0.3, -0.25) is 4.79 Å². The van der Waals surface area contributed by atoms with E-state index in [-0.39, 0.29) is 11.7 Å². The van der Waals surface area contributed by atoms with Gasteiger partial charge in [0.2, 0.25) is 11.9 Å². The summed E-state index contributed by atoms with van der Waals surface area (Å²) in [6.07, 6.45) is 3.33. The molecule has 0 fully saturated rings. The summed E-state index contributed by atoms with van der Waals surface area (Å²) in [6, 6.07) is 16.0. The van der Waals surface area contributed by atoms with E-state index < -0.39 is 5.41 Å². The minimum atomic E-state index is -0.844. The number of carbonyl (C=O) groups excluding carboxylic acids is 2. The number of aryl methyl sites for hydroxylation is 1. The summed E-state index contributed by atoms with van der Waals surface area (Å²) in [6.45, 7) is 15.0. The fourth-order valence-corrected chi connectivity index (χ4v) is 3.73. The van der Waals surface area contributed by atoms with Gasteiger partial charge in [-0.15, -0.1) is 0 Å². The fourth-order valence-electron chi connectivity index (χ4n) is 3.73. The van der Waals surface area contributed by atoms with Gasteiger partial charge in [-0.2, -0.15) is 4.98 Å². The van der Waals surface area contributed by atoms with Crippen LogP contribution in [-0.2, 0) is 16.1 Å². The van der Waals surface area contributed by atoms with Crippen molar-refractivity contribution < 1.29 is 14.7 Å². The van der Waals surface area contributed by atoms with E-state index in [1.165, 1.54) is 6.08 Å². The number of hydrogen-bond acceptors (Lipinski definition) is 8. The van der Waals surface area contributed by atoms with Crippen molar-refractivity contribution in [3.8, 4) is 11.1 Å². The maximum atomic E-state index is 12.8. The van der Waals surface area contributed by atoms with Crippen LogP contribution >= 0.6 is 0 Å². The zero-order valence-corrected chi connectivity index (χ0v) is 24.0. The minimum Gasteiger partial charge on any atom is -0.513 e. The fraction of sp³-hybridized carbons (Fsp3) is 0.290. The van der Waals surface area contributed by atoms with Gasteiger partial charge in [0.05, 0.1) is 11.2 Å². The number of nitrogens with zero attached hydrogens (tertiary/aromatic N) is 2. The third-order valence-electron chi connectivity index (χ3n) is 6.20. The number of allylic oxidation sites excluding steroid dienone is 2. The van der Waals surface area contributed by atoms with Crippen molar-refractivity contribution in [2.75, 3.05) is 30.8 Å². The van der Waals surface area contributed by atoms with Gasteiger partial charge < -0.3 is 31.2 Å². The second kappa shape index (κ2) is 15.2. The second-order valence-electron chi connectivity index (χ2n) is 9.80. The van der Waals surface area contributed by atoms with E-state index in [4.69, 9.17) is 9.78 Å². The Morgan fingerprint density at radius 2 is 1.80 bits per heavy atom. The Kier molecular flexibility index (Phi) is 12.0. The third kappa shape index (κ3) is 9.06. The molecule has 0 radical (unpaired) electrons. The number of benzene rings is 2. The first kappa shape index (κ1) is 31.7. The smallest absolute Gasteiger partial charge is 0.230 e. The van der Waals surface area contributed by atoms with E-state index >= 15 is 0 Å². The molecule has 1 aromatic heterocycles. The van der Waals surface area contributed by atoms with Crippen molar-refractivity contribution in [2.24, 2.45) is 5.41 Å². The normalized spacial score (nSPS) is 11.2. The number of nitrogens with one attached hydrogen (secondary N) is 4. The van der Waals surface area contributed by atoms with Gasteiger partial charge >= 0.3 is 0 Å². The molecule has 2 aromatic carbocycles. The Bertz CT molecular complexity index is 1310. The lowest BCUT2D eigenvalue weighted by Crippen LogP contribution is -2.37. The third-order valence-corrected chi connectivity index (χ3v) is 6.20. The van der Waals surface area contributed by atoms with Crippen LogP contribution in [0.2, 0.25) is 0 Å². The first-order chi connectivity index (χ1) is 19.1. The van der Waals surface area contributed by atoms with Gasteiger partial charge in [0.1, 0.15) is 12.6 Å². The average molecular weight is 545 g/mol. The molecule has 0 atom stereocenters. The van der Waals surface area contributed by atoms with Crippen molar-refractivity contribution in [3.63, 3.8) is 0 Å². The highest BCUT2D eigenvalue weighted by molar-refractivity contribution is 5.85. The maximum Gasteiger partial charge on any atom is 0.230 e. The SMILES string of the molecule is C=C(/C=C(\C)O)C(C)(C)C(=O)NCc1ccc(-c2cnc(Nc3cccc(C)c3)nc2NCCNC)cc1.C=O. The molecule has 3 rings (SSSR count). The number of anilines is 3. The molecule has 0 spiro atoms. The van der Waals surface area contributed by atoms with Gasteiger partial charge in [-0.25, -0.2) is 4.98 Å². The molecule has 0 saturated heterocycles. The Morgan fingerprint density at radius 3 is 2.42 bits per heavy atom. The first-order valence-electron chi connectivity index (χ1n) is 12.9. The number of amides is 1. The summed E-state index contributed by atoms with van der Waals surface area (Å²) in [5, 5.41) is 22.3. The highest BCUT2D eigenvalue weighted by Crippen LogP contribution is 2.29. The highest BCUT2D eigenvalue weighted by atomic mass is 16.3. The predicted molar refractivity (Wildman–Crippen MR) is 163 cm³/mol. The van der Waals surface area contributed by atoms with Crippen LogP contribution in [0.15, 0.2) is 78.7 Å². The number of aromatic nitrogens is 2. The van der Waals surface area contributed by atoms with Gasteiger partial charge in [0.15, 0.2) is 0 Å². The van der Waals surface area contributed by atoms with Crippen molar-refractivity contribution in [1.29, 1.82) is 0 Å². The molecule has 9 heteroatoms. The summed E-state index contributed by atoms with van der Waals surface area (Å²) in [5.41, 5.74) is 4.59. The van der Waals surface area contributed by atoms with E-state index in [0.29, 0.717) is 24.6 Å². The monoisotopic (exact) mass is 544 g/mol. The lowest BCUT2D eigenvalue weighted by molar-refractivity contribution is -0.127. The standard InChI is InChI=1S/C30H38N6O2.CH2O/c1-20-8-7-9-25(16-20)35-29-34-19-26(27(36-29)32-15-14-31-6)24-12-10-23(11-13-24)18-33-28(38)30(4,5)21(2)17-22(3)37;1-2/h7-13,16-17,19,31,37H,2,14-15,18H2,1,3-6H3,(H,33,38)(H2,32,34,35,36);1H2/b22-17+;. The van der Waals surface area contributed by atoms with Gasteiger partial charge in [0, 0.05) is 37.1 Å². The zero-order valence-electron chi connectivity index (χ0n) is 24.0. The molecule has 9 nitrogen and oxygen atoms in total. The molecule has 212 valence electrons. The topological polar surface area (TPSA) is 128 Å². The lowest BCUT2D eigenvalue weighted by Gasteiger charge is -2.24. The number of hydrogen-bond donors (Lipinski definition) is 5. The number of aliphatic hydroxyl groups excluding tert-OH is 1. The molecule has 5 N–H and O–H groups in total. The average Bonchev–Trinajstić information content (AvgIpc) is 2.93. The summed E-state index contributed by atoms with van der Waals surface area (Å²) in [4.78, 5) is 30.1. The summed E-state index contributed by atoms with van der Waals surface area (Å²) in [5.74, 6) is 1.21. The maximum absolute atomic E-state index is 12.8. The molecule has 1 heterocycles. The van der Waals surface area contributed by atoms with Crippen LogP contribution < -0.4 is 21.3 Å². The Morgan fingerprint density at radius 1 is 1.10 bits per heavy atom. The number of carbonyl (C=O) groups is 2. The van der Waals surface area contributed by atoms with E-state index in [0.717, 1.165) is 40.3 Å². The van der Waals surface area contributed by atoms with Crippen LogP contribution in [0.5, 0.6) is 0 Å². The number of likely N-dealkylation sites (N-methyl/N-ethyl adjacent to an activating group) is 1. The minimum absolute atomic E-state index is 0.120. The lowest BCUT2D eigenvalue weighted by atomic mass is 9.83. The van der Waals surface area contributed by atoms with Gasteiger partial charge in [-0.05, 0) is 75.2 Å². The molecule has 0 aliphatic heterocycles.